The van der Waals surface area contributed by atoms with Crippen molar-refractivity contribution in [1.82, 2.24) is 19.7 Å². The second kappa shape index (κ2) is 7.88. The number of para-hydroxylation sites is 1. The number of methoxy groups -OCH3 is 1. The first-order valence-electron chi connectivity index (χ1n) is 8.17. The van der Waals surface area contributed by atoms with Crippen molar-refractivity contribution in [2.45, 2.75) is 17.3 Å². The van der Waals surface area contributed by atoms with Gasteiger partial charge in [-0.25, -0.2) is 0 Å². The molecule has 3 rings (SSSR count). The van der Waals surface area contributed by atoms with Crippen LogP contribution in [0.4, 0.5) is 0 Å². The van der Waals surface area contributed by atoms with E-state index in [4.69, 9.17) is 9.47 Å². The van der Waals surface area contributed by atoms with Crippen molar-refractivity contribution in [3.8, 4) is 17.1 Å². The van der Waals surface area contributed by atoms with Crippen LogP contribution in [0.15, 0.2) is 29.4 Å². The molecule has 0 bridgehead atoms. The first kappa shape index (κ1) is 17.8. The number of hydrogen-bond acceptors (Lipinski definition) is 6. The molecule has 7 nitrogen and oxygen atoms in total. The topological polar surface area (TPSA) is 69.5 Å². The summed E-state index contributed by atoms with van der Waals surface area (Å²) >= 11 is 1.42. The third-order valence-electron chi connectivity index (χ3n) is 4.14. The molecular formula is C17H22N4O3S. The summed E-state index contributed by atoms with van der Waals surface area (Å²) in [5.74, 6) is 1.56. The molecule has 1 fully saturated rings. The Labute approximate surface area is 151 Å². The fourth-order valence-corrected chi connectivity index (χ4v) is 3.63. The number of morpholine rings is 1. The smallest absolute Gasteiger partial charge is 0.236 e. The zero-order valence-corrected chi connectivity index (χ0v) is 15.5. The average Bonchev–Trinajstić information content (AvgIpc) is 3.02. The van der Waals surface area contributed by atoms with Crippen molar-refractivity contribution in [3.05, 3.63) is 24.3 Å². The highest BCUT2D eigenvalue weighted by Gasteiger charge is 2.25. The molecule has 0 N–H and O–H groups in total. The maximum Gasteiger partial charge on any atom is 0.236 e. The van der Waals surface area contributed by atoms with Gasteiger partial charge in [-0.15, -0.1) is 10.2 Å². The number of carbonyl (C=O) groups excluding carboxylic acids is 1. The Morgan fingerprint density at radius 1 is 1.28 bits per heavy atom. The molecule has 1 aliphatic heterocycles. The van der Waals surface area contributed by atoms with E-state index in [9.17, 15) is 4.79 Å². The molecule has 1 aromatic carbocycles. The quantitative estimate of drug-likeness (QED) is 0.756. The highest BCUT2D eigenvalue weighted by Crippen LogP contribution is 2.31. The number of hydrogen-bond donors (Lipinski definition) is 0. The Hall–Kier alpha value is -2.06. The van der Waals surface area contributed by atoms with Crippen molar-refractivity contribution in [3.63, 3.8) is 0 Å². The van der Waals surface area contributed by atoms with Crippen LogP contribution >= 0.6 is 11.8 Å². The first-order chi connectivity index (χ1) is 12.1. The molecule has 0 saturated carbocycles. The fraction of sp³-hybridized carbons (Fsp3) is 0.471. The van der Waals surface area contributed by atoms with Gasteiger partial charge < -0.3 is 18.9 Å². The van der Waals surface area contributed by atoms with Crippen LogP contribution < -0.4 is 4.74 Å². The zero-order valence-electron chi connectivity index (χ0n) is 14.6. The zero-order chi connectivity index (χ0) is 17.8. The Morgan fingerprint density at radius 3 is 2.72 bits per heavy atom. The summed E-state index contributed by atoms with van der Waals surface area (Å²) in [4.78, 5) is 14.4. The van der Waals surface area contributed by atoms with Gasteiger partial charge in [-0.05, 0) is 19.1 Å². The van der Waals surface area contributed by atoms with Crippen molar-refractivity contribution < 1.29 is 14.3 Å². The van der Waals surface area contributed by atoms with Crippen LogP contribution in [0.5, 0.6) is 5.75 Å². The van der Waals surface area contributed by atoms with Gasteiger partial charge in [0.25, 0.3) is 0 Å². The summed E-state index contributed by atoms with van der Waals surface area (Å²) in [6.07, 6.45) is 0. The van der Waals surface area contributed by atoms with Crippen LogP contribution in [0, 0.1) is 0 Å². The number of rotatable bonds is 5. The maximum atomic E-state index is 12.6. The minimum absolute atomic E-state index is 0.107. The molecular weight excluding hydrogens is 340 g/mol. The van der Waals surface area contributed by atoms with Crippen molar-refractivity contribution in [2.24, 2.45) is 7.05 Å². The largest absolute Gasteiger partial charge is 0.496 e. The van der Waals surface area contributed by atoms with Gasteiger partial charge in [-0.2, -0.15) is 0 Å². The highest BCUT2D eigenvalue weighted by molar-refractivity contribution is 8.00. The van der Waals surface area contributed by atoms with Crippen LogP contribution in [0.1, 0.15) is 6.92 Å². The molecule has 1 amide bonds. The molecule has 0 radical (unpaired) electrons. The van der Waals surface area contributed by atoms with Gasteiger partial charge in [0.1, 0.15) is 5.75 Å². The number of nitrogens with zero attached hydrogens (tertiary/aromatic N) is 4. The number of benzene rings is 1. The Balaban J connectivity index is 1.76. The van der Waals surface area contributed by atoms with Gasteiger partial charge >= 0.3 is 0 Å². The maximum absolute atomic E-state index is 12.6. The minimum Gasteiger partial charge on any atom is -0.496 e. The average molecular weight is 362 g/mol. The summed E-state index contributed by atoms with van der Waals surface area (Å²) in [5, 5.41) is 9.02. The van der Waals surface area contributed by atoms with Crippen LogP contribution in [0.25, 0.3) is 11.4 Å². The molecule has 2 aromatic rings. The molecule has 1 saturated heterocycles. The molecule has 1 atom stereocenters. The lowest BCUT2D eigenvalue weighted by Crippen LogP contribution is -2.44. The van der Waals surface area contributed by atoms with E-state index in [1.807, 2.05) is 47.7 Å². The lowest BCUT2D eigenvalue weighted by molar-refractivity contribution is -0.134. The van der Waals surface area contributed by atoms with Gasteiger partial charge in [0.2, 0.25) is 5.91 Å². The summed E-state index contributed by atoms with van der Waals surface area (Å²) in [5.41, 5.74) is 0.874. The fourth-order valence-electron chi connectivity index (χ4n) is 2.73. The molecule has 1 unspecified atom stereocenters. The lowest BCUT2D eigenvalue weighted by atomic mass is 10.2. The third kappa shape index (κ3) is 3.80. The number of thioether (sulfide) groups is 1. The molecule has 1 aliphatic rings. The van der Waals surface area contributed by atoms with E-state index in [-0.39, 0.29) is 11.2 Å². The van der Waals surface area contributed by atoms with Crippen LogP contribution in [-0.4, -0.2) is 64.2 Å². The second-order valence-electron chi connectivity index (χ2n) is 5.76. The van der Waals surface area contributed by atoms with E-state index in [2.05, 4.69) is 10.2 Å². The Bertz CT molecular complexity index is 743. The summed E-state index contributed by atoms with van der Waals surface area (Å²) in [6, 6.07) is 7.68. The van der Waals surface area contributed by atoms with E-state index in [0.29, 0.717) is 37.3 Å². The monoisotopic (exact) mass is 362 g/mol. The predicted molar refractivity (Wildman–Crippen MR) is 95.7 cm³/mol. The summed E-state index contributed by atoms with van der Waals surface area (Å²) in [6.45, 7) is 4.40. The van der Waals surface area contributed by atoms with E-state index in [0.717, 1.165) is 11.3 Å². The minimum atomic E-state index is -0.230. The number of carbonyl (C=O) groups is 1. The third-order valence-corrected chi connectivity index (χ3v) is 5.26. The van der Waals surface area contributed by atoms with Gasteiger partial charge in [0, 0.05) is 20.1 Å². The Kier molecular flexibility index (Phi) is 5.60. The molecule has 134 valence electrons. The van der Waals surface area contributed by atoms with Gasteiger partial charge in [0.05, 0.1) is 31.1 Å². The van der Waals surface area contributed by atoms with Crippen molar-refractivity contribution in [2.75, 3.05) is 33.4 Å². The first-order valence-corrected chi connectivity index (χ1v) is 9.05. The standard InChI is InChI=1S/C17H22N4O3S/c1-12(16(22)21-8-10-24-11-9-21)25-17-19-18-15(20(17)2)13-6-4-5-7-14(13)23-3/h4-7,12H,8-11H2,1-3H3. The number of ether oxygens (including phenoxy) is 2. The molecule has 25 heavy (non-hydrogen) atoms. The van der Waals surface area contributed by atoms with Crippen LogP contribution in [0.3, 0.4) is 0 Å². The number of amides is 1. The molecule has 1 aromatic heterocycles. The lowest BCUT2D eigenvalue weighted by Gasteiger charge is -2.28. The van der Waals surface area contributed by atoms with Crippen LogP contribution in [-0.2, 0) is 16.6 Å². The van der Waals surface area contributed by atoms with Gasteiger partial charge in [-0.3, -0.25) is 4.79 Å². The van der Waals surface area contributed by atoms with E-state index >= 15 is 0 Å². The van der Waals surface area contributed by atoms with Gasteiger partial charge in [0.15, 0.2) is 11.0 Å². The van der Waals surface area contributed by atoms with E-state index in [1.165, 1.54) is 11.8 Å². The summed E-state index contributed by atoms with van der Waals surface area (Å²) < 4.78 is 12.6. The molecule has 8 heteroatoms. The molecule has 2 heterocycles. The highest BCUT2D eigenvalue weighted by atomic mass is 32.2. The summed E-state index contributed by atoms with van der Waals surface area (Å²) in [7, 11) is 3.53. The van der Waals surface area contributed by atoms with E-state index < -0.39 is 0 Å². The molecule has 0 aliphatic carbocycles. The normalized spacial score (nSPS) is 15.9. The second-order valence-corrected chi connectivity index (χ2v) is 7.07. The Morgan fingerprint density at radius 2 is 2.00 bits per heavy atom. The SMILES string of the molecule is COc1ccccc1-c1nnc(SC(C)C(=O)N2CCOCC2)n1C. The predicted octanol–water partition coefficient (Wildman–Crippen LogP) is 1.83. The van der Waals surface area contributed by atoms with Crippen LogP contribution in [0.2, 0.25) is 0 Å². The van der Waals surface area contributed by atoms with E-state index in [1.54, 1.807) is 7.11 Å². The van der Waals surface area contributed by atoms with Crippen molar-refractivity contribution >= 4 is 17.7 Å². The number of aromatic nitrogens is 3. The van der Waals surface area contributed by atoms with Gasteiger partial charge in [-0.1, -0.05) is 23.9 Å². The van der Waals surface area contributed by atoms with Crippen molar-refractivity contribution in [1.29, 1.82) is 0 Å². The molecule has 0 spiro atoms.